The molecule has 0 radical (unpaired) electrons. The van der Waals surface area contributed by atoms with Crippen molar-refractivity contribution in [3.63, 3.8) is 0 Å². The summed E-state index contributed by atoms with van der Waals surface area (Å²) in [6.45, 7) is 0. The van der Waals surface area contributed by atoms with Gasteiger partial charge in [-0.05, 0) is 43.5 Å². The molecule has 1 atom stereocenters. The molecular formula is C17H17N3O2S. The minimum atomic E-state index is -0.213. The first-order valence-electron chi connectivity index (χ1n) is 7.49. The van der Waals surface area contributed by atoms with Gasteiger partial charge < -0.3 is 5.32 Å². The monoisotopic (exact) mass is 327 g/mol. The van der Waals surface area contributed by atoms with Gasteiger partial charge >= 0.3 is 0 Å². The second kappa shape index (κ2) is 7.19. The van der Waals surface area contributed by atoms with Crippen molar-refractivity contribution in [2.24, 2.45) is 5.92 Å². The van der Waals surface area contributed by atoms with Crippen molar-refractivity contribution in [1.29, 1.82) is 0 Å². The number of anilines is 2. The average molecular weight is 327 g/mol. The lowest BCUT2D eigenvalue weighted by molar-refractivity contribution is -0.120. The van der Waals surface area contributed by atoms with E-state index in [2.05, 4.69) is 27.8 Å². The maximum absolute atomic E-state index is 12.2. The minimum absolute atomic E-state index is 0.0351. The van der Waals surface area contributed by atoms with Gasteiger partial charge in [0.15, 0.2) is 5.13 Å². The zero-order valence-corrected chi connectivity index (χ0v) is 13.3. The van der Waals surface area contributed by atoms with Gasteiger partial charge in [-0.3, -0.25) is 14.9 Å². The summed E-state index contributed by atoms with van der Waals surface area (Å²) in [5, 5.41) is 8.00. The van der Waals surface area contributed by atoms with Crippen molar-refractivity contribution in [2.45, 2.75) is 19.3 Å². The van der Waals surface area contributed by atoms with Crippen LogP contribution >= 0.6 is 11.3 Å². The van der Waals surface area contributed by atoms with E-state index in [9.17, 15) is 9.59 Å². The Morgan fingerprint density at radius 2 is 1.96 bits per heavy atom. The van der Waals surface area contributed by atoms with E-state index in [1.54, 1.807) is 35.8 Å². The molecule has 1 aromatic heterocycles. The molecule has 118 valence electrons. The molecule has 0 saturated heterocycles. The Kier molecular flexibility index (Phi) is 4.83. The van der Waals surface area contributed by atoms with Crippen molar-refractivity contribution in [3.8, 4) is 0 Å². The number of nitrogens with zero attached hydrogens (tertiary/aromatic N) is 1. The summed E-state index contributed by atoms with van der Waals surface area (Å²) in [4.78, 5) is 28.2. The predicted molar refractivity (Wildman–Crippen MR) is 91.6 cm³/mol. The standard InChI is InChI=1S/C17H17N3O2S/c21-15(12-4-2-1-3-5-12)19-14-8-6-13(7-9-14)16(22)20-17-18-10-11-23-17/h1-2,6-12H,3-5H2,(H,19,21)(H,18,20,22). The van der Waals surface area contributed by atoms with Crippen LogP contribution in [0.25, 0.3) is 0 Å². The Morgan fingerprint density at radius 3 is 2.61 bits per heavy atom. The maximum Gasteiger partial charge on any atom is 0.257 e. The van der Waals surface area contributed by atoms with E-state index >= 15 is 0 Å². The van der Waals surface area contributed by atoms with Crippen LogP contribution in [0.1, 0.15) is 29.6 Å². The predicted octanol–water partition coefficient (Wildman–Crippen LogP) is 3.69. The van der Waals surface area contributed by atoms with Gasteiger partial charge in [-0.1, -0.05) is 12.2 Å². The van der Waals surface area contributed by atoms with Crippen LogP contribution in [0.15, 0.2) is 48.0 Å². The second-order valence-corrected chi connectivity index (χ2v) is 6.23. The molecule has 2 amide bonds. The number of hydrogen-bond donors (Lipinski definition) is 2. The molecular weight excluding hydrogens is 310 g/mol. The lowest BCUT2D eigenvalue weighted by Crippen LogP contribution is -2.23. The van der Waals surface area contributed by atoms with E-state index in [-0.39, 0.29) is 17.7 Å². The van der Waals surface area contributed by atoms with Gasteiger partial charge in [0.05, 0.1) is 0 Å². The van der Waals surface area contributed by atoms with Crippen LogP contribution in [0.3, 0.4) is 0 Å². The van der Waals surface area contributed by atoms with Gasteiger partial charge in [-0.2, -0.15) is 0 Å². The van der Waals surface area contributed by atoms with Crippen molar-refractivity contribution in [3.05, 3.63) is 53.6 Å². The van der Waals surface area contributed by atoms with Crippen molar-refractivity contribution < 1.29 is 9.59 Å². The first-order valence-corrected chi connectivity index (χ1v) is 8.37. The third-order valence-corrected chi connectivity index (χ3v) is 4.40. The zero-order valence-electron chi connectivity index (χ0n) is 12.5. The Morgan fingerprint density at radius 1 is 1.13 bits per heavy atom. The summed E-state index contributed by atoms with van der Waals surface area (Å²) in [6, 6.07) is 6.87. The number of nitrogens with one attached hydrogen (secondary N) is 2. The topological polar surface area (TPSA) is 71.1 Å². The fourth-order valence-corrected chi connectivity index (χ4v) is 2.96. The number of carbonyl (C=O) groups excluding carboxylic acids is 2. The normalized spacial score (nSPS) is 16.8. The highest BCUT2D eigenvalue weighted by atomic mass is 32.1. The van der Waals surface area contributed by atoms with Crippen molar-refractivity contribution in [2.75, 3.05) is 10.6 Å². The summed E-state index contributed by atoms with van der Waals surface area (Å²) in [5.41, 5.74) is 1.23. The molecule has 1 aliphatic carbocycles. The van der Waals surface area contributed by atoms with Gasteiger partial charge in [-0.15, -0.1) is 11.3 Å². The van der Waals surface area contributed by atoms with Crippen LogP contribution in [0, 0.1) is 5.92 Å². The molecule has 1 aliphatic rings. The molecule has 1 aromatic carbocycles. The number of benzene rings is 1. The molecule has 0 spiro atoms. The van der Waals surface area contributed by atoms with E-state index in [1.165, 1.54) is 11.3 Å². The highest BCUT2D eigenvalue weighted by Crippen LogP contribution is 2.20. The fraction of sp³-hybridized carbons (Fsp3) is 0.235. The summed E-state index contributed by atoms with van der Waals surface area (Å²) >= 11 is 1.37. The summed E-state index contributed by atoms with van der Waals surface area (Å²) in [6.07, 6.45) is 8.43. The molecule has 1 heterocycles. The minimum Gasteiger partial charge on any atom is -0.326 e. The summed E-state index contributed by atoms with van der Waals surface area (Å²) in [5.74, 6) is -0.141. The molecule has 23 heavy (non-hydrogen) atoms. The lowest BCUT2D eigenvalue weighted by atomic mass is 9.93. The molecule has 0 saturated carbocycles. The molecule has 0 fully saturated rings. The number of thiazole rings is 1. The Balaban J connectivity index is 1.59. The van der Waals surface area contributed by atoms with E-state index in [1.807, 2.05) is 0 Å². The second-order valence-electron chi connectivity index (χ2n) is 5.34. The van der Waals surface area contributed by atoms with Crippen molar-refractivity contribution >= 4 is 34.0 Å². The molecule has 6 heteroatoms. The van der Waals surface area contributed by atoms with E-state index in [4.69, 9.17) is 0 Å². The largest absolute Gasteiger partial charge is 0.326 e. The quantitative estimate of drug-likeness (QED) is 0.841. The number of rotatable bonds is 4. The van der Waals surface area contributed by atoms with Crippen LogP contribution in [0.2, 0.25) is 0 Å². The number of carbonyl (C=O) groups is 2. The van der Waals surface area contributed by atoms with Gasteiger partial charge in [0.2, 0.25) is 5.91 Å². The van der Waals surface area contributed by atoms with E-state index in [0.29, 0.717) is 16.4 Å². The summed E-state index contributed by atoms with van der Waals surface area (Å²) < 4.78 is 0. The average Bonchev–Trinajstić information content (AvgIpc) is 3.09. The number of aromatic nitrogens is 1. The smallest absolute Gasteiger partial charge is 0.257 e. The Bertz CT molecular complexity index is 708. The van der Waals surface area contributed by atoms with Gasteiger partial charge in [0.1, 0.15) is 0 Å². The van der Waals surface area contributed by atoms with E-state index in [0.717, 1.165) is 19.3 Å². The molecule has 3 rings (SSSR count). The van der Waals surface area contributed by atoms with E-state index < -0.39 is 0 Å². The SMILES string of the molecule is O=C(Nc1nccs1)c1ccc(NC(=O)C2CC=CCC2)cc1. The Hall–Kier alpha value is -2.47. The third-order valence-electron chi connectivity index (χ3n) is 3.71. The summed E-state index contributed by atoms with van der Waals surface area (Å²) in [7, 11) is 0. The highest BCUT2D eigenvalue weighted by Gasteiger charge is 2.18. The van der Waals surface area contributed by atoms with Gasteiger partial charge in [-0.25, -0.2) is 4.98 Å². The number of amides is 2. The number of allylic oxidation sites excluding steroid dienone is 2. The van der Waals surface area contributed by atoms with Gasteiger partial charge in [0.25, 0.3) is 5.91 Å². The first-order chi connectivity index (χ1) is 11.2. The molecule has 2 aromatic rings. The molecule has 0 aliphatic heterocycles. The van der Waals surface area contributed by atoms with Crippen LogP contribution in [-0.2, 0) is 4.79 Å². The van der Waals surface area contributed by atoms with Crippen LogP contribution in [0.5, 0.6) is 0 Å². The molecule has 5 nitrogen and oxygen atoms in total. The highest BCUT2D eigenvalue weighted by molar-refractivity contribution is 7.13. The molecule has 0 bridgehead atoms. The zero-order chi connectivity index (χ0) is 16.1. The van der Waals surface area contributed by atoms with Gasteiger partial charge in [0, 0.05) is 28.7 Å². The molecule has 1 unspecified atom stereocenters. The maximum atomic E-state index is 12.2. The van der Waals surface area contributed by atoms with Crippen molar-refractivity contribution in [1.82, 2.24) is 4.98 Å². The third kappa shape index (κ3) is 4.04. The number of hydrogen-bond acceptors (Lipinski definition) is 4. The lowest BCUT2D eigenvalue weighted by Gasteiger charge is -2.17. The van der Waals surface area contributed by atoms with Crippen LogP contribution in [-0.4, -0.2) is 16.8 Å². The Labute approximate surface area is 138 Å². The molecule has 2 N–H and O–H groups in total. The van der Waals surface area contributed by atoms with Crippen LogP contribution < -0.4 is 10.6 Å². The first kappa shape index (κ1) is 15.4. The fourth-order valence-electron chi connectivity index (χ4n) is 2.44. The van der Waals surface area contributed by atoms with Crippen LogP contribution in [0.4, 0.5) is 10.8 Å².